The molecule has 8 nitrogen and oxygen atoms in total. The molecule has 2 N–H and O–H groups in total. The maximum Gasteiger partial charge on any atom is 0.259 e. The second-order valence-electron chi connectivity index (χ2n) is 10.6. The lowest BCUT2D eigenvalue weighted by molar-refractivity contribution is 0.0948. The summed E-state index contributed by atoms with van der Waals surface area (Å²) in [6, 6.07) is 5.24. The maximum atomic E-state index is 12.9. The van der Waals surface area contributed by atoms with Gasteiger partial charge in [-0.3, -0.25) is 19.0 Å². The summed E-state index contributed by atoms with van der Waals surface area (Å²) in [5.74, 6) is -0.459. The standard InChI is InChI=1S/C25H33ClN6O2/c1-24(2,3)20-17(13-31(7)29-20)22(33)27-12-15-9-10-16(11-19(15)26)28-23(34)18-14-32(8)30-21(18)25(4,5)6/h9-11,13-14H,12H2,1-8H3,(H,27,33)(H,28,34). The molecule has 0 saturated carbocycles. The van der Waals surface area contributed by atoms with Gasteiger partial charge in [-0.2, -0.15) is 10.2 Å². The summed E-state index contributed by atoms with van der Waals surface area (Å²) in [6.45, 7) is 12.4. The molecule has 182 valence electrons. The van der Waals surface area contributed by atoms with E-state index >= 15 is 0 Å². The van der Waals surface area contributed by atoms with Crippen LogP contribution in [0.15, 0.2) is 30.6 Å². The van der Waals surface area contributed by atoms with E-state index < -0.39 is 0 Å². The zero-order chi connectivity index (χ0) is 25.4. The minimum Gasteiger partial charge on any atom is -0.348 e. The maximum absolute atomic E-state index is 12.9. The fraction of sp³-hybridized carbons (Fsp3) is 0.440. The number of nitrogens with zero attached hydrogens (tertiary/aromatic N) is 4. The van der Waals surface area contributed by atoms with E-state index in [1.807, 2.05) is 41.5 Å². The lowest BCUT2D eigenvalue weighted by atomic mass is 9.89. The predicted octanol–water partition coefficient (Wildman–Crippen LogP) is 4.58. The average molecular weight is 485 g/mol. The highest BCUT2D eigenvalue weighted by Gasteiger charge is 2.27. The van der Waals surface area contributed by atoms with Crippen molar-refractivity contribution in [3.05, 3.63) is 63.7 Å². The van der Waals surface area contributed by atoms with Crippen molar-refractivity contribution in [2.75, 3.05) is 5.32 Å². The Labute approximate surface area is 205 Å². The lowest BCUT2D eigenvalue weighted by Gasteiger charge is -2.17. The molecule has 0 atom stereocenters. The van der Waals surface area contributed by atoms with Crippen LogP contribution in [0.25, 0.3) is 0 Å². The van der Waals surface area contributed by atoms with Crippen LogP contribution in [-0.2, 0) is 31.5 Å². The van der Waals surface area contributed by atoms with Crippen LogP contribution in [0.1, 0.15) is 79.2 Å². The van der Waals surface area contributed by atoms with Gasteiger partial charge in [0.05, 0.1) is 22.5 Å². The van der Waals surface area contributed by atoms with E-state index in [4.69, 9.17) is 11.6 Å². The first-order chi connectivity index (χ1) is 15.7. The molecular formula is C25H33ClN6O2. The molecule has 0 saturated heterocycles. The number of hydrogen-bond acceptors (Lipinski definition) is 4. The van der Waals surface area contributed by atoms with E-state index in [9.17, 15) is 9.59 Å². The third-order valence-electron chi connectivity index (χ3n) is 5.32. The molecule has 2 aromatic heterocycles. The number of benzene rings is 1. The molecule has 0 fully saturated rings. The van der Waals surface area contributed by atoms with Gasteiger partial charge in [-0.1, -0.05) is 59.2 Å². The van der Waals surface area contributed by atoms with Gasteiger partial charge in [-0.05, 0) is 17.7 Å². The summed E-state index contributed by atoms with van der Waals surface area (Å²) in [5, 5.41) is 15.2. The SMILES string of the molecule is Cn1cc(C(=O)NCc2ccc(NC(=O)c3cn(C)nc3C(C)(C)C)cc2Cl)c(C(C)(C)C)n1. The molecule has 0 aliphatic carbocycles. The molecule has 2 heterocycles. The summed E-state index contributed by atoms with van der Waals surface area (Å²) < 4.78 is 3.29. The van der Waals surface area contributed by atoms with Gasteiger partial charge in [0, 0.05) is 54.6 Å². The lowest BCUT2D eigenvalue weighted by Crippen LogP contribution is -2.26. The molecule has 0 aliphatic heterocycles. The van der Waals surface area contributed by atoms with E-state index in [-0.39, 0.29) is 29.2 Å². The van der Waals surface area contributed by atoms with Gasteiger partial charge in [0.2, 0.25) is 0 Å². The number of aromatic nitrogens is 4. The summed E-state index contributed by atoms with van der Waals surface area (Å²) in [6.07, 6.45) is 3.44. The van der Waals surface area contributed by atoms with Crippen LogP contribution in [0.2, 0.25) is 5.02 Å². The van der Waals surface area contributed by atoms with Crippen LogP contribution in [-0.4, -0.2) is 31.4 Å². The van der Waals surface area contributed by atoms with Gasteiger partial charge in [0.25, 0.3) is 11.8 Å². The Hall–Kier alpha value is -3.13. The second kappa shape index (κ2) is 9.25. The number of anilines is 1. The summed E-state index contributed by atoms with van der Waals surface area (Å²) >= 11 is 6.47. The summed E-state index contributed by atoms with van der Waals surface area (Å²) in [5.41, 5.74) is 3.31. The van der Waals surface area contributed by atoms with Crippen molar-refractivity contribution in [2.45, 2.75) is 58.9 Å². The molecule has 2 amide bonds. The number of hydrogen-bond donors (Lipinski definition) is 2. The Morgan fingerprint density at radius 2 is 1.38 bits per heavy atom. The molecule has 9 heteroatoms. The quantitative estimate of drug-likeness (QED) is 0.554. The molecule has 0 bridgehead atoms. The molecule has 0 aliphatic rings. The van der Waals surface area contributed by atoms with Gasteiger partial charge in [-0.15, -0.1) is 0 Å². The Balaban J connectivity index is 1.71. The van der Waals surface area contributed by atoms with Crippen molar-refractivity contribution < 1.29 is 9.59 Å². The topological polar surface area (TPSA) is 93.8 Å². The second-order valence-corrected chi connectivity index (χ2v) is 11.0. The molecule has 0 unspecified atom stereocenters. The van der Waals surface area contributed by atoms with E-state index in [1.165, 1.54) is 0 Å². The molecule has 0 radical (unpaired) electrons. The van der Waals surface area contributed by atoms with Crippen LogP contribution >= 0.6 is 11.6 Å². The van der Waals surface area contributed by atoms with Crippen LogP contribution in [0.4, 0.5) is 5.69 Å². The van der Waals surface area contributed by atoms with E-state index in [2.05, 4.69) is 20.8 Å². The molecule has 0 spiro atoms. The third kappa shape index (κ3) is 5.67. The van der Waals surface area contributed by atoms with Crippen molar-refractivity contribution in [1.29, 1.82) is 0 Å². The summed E-state index contributed by atoms with van der Waals surface area (Å²) in [4.78, 5) is 25.7. The molecule has 3 rings (SSSR count). The van der Waals surface area contributed by atoms with E-state index in [0.29, 0.717) is 21.8 Å². The smallest absolute Gasteiger partial charge is 0.259 e. The number of aryl methyl sites for hydroxylation is 2. The van der Waals surface area contributed by atoms with Gasteiger partial charge < -0.3 is 10.6 Å². The van der Waals surface area contributed by atoms with Crippen molar-refractivity contribution >= 4 is 29.1 Å². The number of rotatable bonds is 5. The monoisotopic (exact) mass is 484 g/mol. The molecule has 1 aromatic carbocycles. The van der Waals surface area contributed by atoms with E-state index in [1.54, 1.807) is 54.1 Å². The van der Waals surface area contributed by atoms with Crippen LogP contribution in [0.3, 0.4) is 0 Å². The van der Waals surface area contributed by atoms with Crippen LogP contribution in [0, 0.1) is 0 Å². The Kier molecular flexibility index (Phi) is 6.94. The van der Waals surface area contributed by atoms with E-state index in [0.717, 1.165) is 17.0 Å². The van der Waals surface area contributed by atoms with Gasteiger partial charge >= 0.3 is 0 Å². The fourth-order valence-corrected chi connectivity index (χ4v) is 3.90. The Bertz CT molecular complexity index is 1230. The normalized spacial score (nSPS) is 12.0. The largest absolute Gasteiger partial charge is 0.348 e. The minimum absolute atomic E-state index is 0.210. The summed E-state index contributed by atoms with van der Waals surface area (Å²) in [7, 11) is 3.59. The highest BCUT2D eigenvalue weighted by Crippen LogP contribution is 2.27. The number of carbonyl (C=O) groups is 2. The first-order valence-corrected chi connectivity index (χ1v) is 11.5. The fourth-order valence-electron chi connectivity index (χ4n) is 3.65. The highest BCUT2D eigenvalue weighted by molar-refractivity contribution is 6.31. The van der Waals surface area contributed by atoms with Gasteiger partial charge in [0.1, 0.15) is 0 Å². The van der Waals surface area contributed by atoms with Crippen molar-refractivity contribution in [1.82, 2.24) is 24.9 Å². The number of carbonyl (C=O) groups excluding carboxylic acids is 2. The van der Waals surface area contributed by atoms with Gasteiger partial charge in [0.15, 0.2) is 0 Å². The van der Waals surface area contributed by atoms with Crippen LogP contribution in [0.5, 0.6) is 0 Å². The van der Waals surface area contributed by atoms with Gasteiger partial charge in [-0.25, -0.2) is 0 Å². The zero-order valence-electron chi connectivity index (χ0n) is 21.1. The predicted molar refractivity (Wildman–Crippen MR) is 134 cm³/mol. The minimum atomic E-state index is -0.269. The molecule has 3 aromatic rings. The first-order valence-electron chi connectivity index (χ1n) is 11.1. The Morgan fingerprint density at radius 3 is 1.85 bits per heavy atom. The van der Waals surface area contributed by atoms with Crippen molar-refractivity contribution in [3.63, 3.8) is 0 Å². The molecular weight excluding hydrogens is 452 g/mol. The number of halogens is 1. The Morgan fingerprint density at radius 1 is 0.882 bits per heavy atom. The molecule has 34 heavy (non-hydrogen) atoms. The number of amides is 2. The zero-order valence-corrected chi connectivity index (χ0v) is 21.8. The third-order valence-corrected chi connectivity index (χ3v) is 5.67. The average Bonchev–Trinajstić information content (AvgIpc) is 3.30. The van der Waals surface area contributed by atoms with Crippen molar-refractivity contribution in [2.24, 2.45) is 14.1 Å². The van der Waals surface area contributed by atoms with Crippen molar-refractivity contribution in [3.8, 4) is 0 Å². The first kappa shape index (κ1) is 25.5. The van der Waals surface area contributed by atoms with Crippen LogP contribution < -0.4 is 10.6 Å². The highest BCUT2D eigenvalue weighted by atomic mass is 35.5. The number of nitrogens with one attached hydrogen (secondary N) is 2.